The molecule has 0 aromatic heterocycles. The average Bonchev–Trinajstić information content (AvgIpc) is 3.20. The summed E-state index contributed by atoms with van der Waals surface area (Å²) in [6.07, 6.45) is 0. The summed E-state index contributed by atoms with van der Waals surface area (Å²) in [6, 6.07) is 80.6. The van der Waals surface area contributed by atoms with Gasteiger partial charge in [0.2, 0.25) is 0 Å². The van der Waals surface area contributed by atoms with Gasteiger partial charge in [0.15, 0.2) is 0 Å². The van der Waals surface area contributed by atoms with Gasteiger partial charge in [-0.05, 0) is 0 Å². The van der Waals surface area contributed by atoms with E-state index in [1.807, 2.05) is 0 Å². The minimum atomic E-state index is -3.57. The first-order valence-electron chi connectivity index (χ1n) is 16.9. The molecule has 8 rings (SSSR count). The molecule has 0 fully saturated rings. The summed E-state index contributed by atoms with van der Waals surface area (Å²) in [7, 11) is 0. The van der Waals surface area contributed by atoms with Crippen LogP contribution in [-0.2, 0) is 0 Å². The van der Waals surface area contributed by atoms with Crippen molar-refractivity contribution in [2.75, 3.05) is 0 Å². The van der Waals surface area contributed by atoms with Crippen LogP contribution >= 0.6 is 0 Å². The number of rotatable bonds is 8. The van der Waals surface area contributed by atoms with Gasteiger partial charge in [-0.1, -0.05) is 0 Å². The van der Waals surface area contributed by atoms with Crippen LogP contribution in [0.2, 0.25) is 0 Å². The van der Waals surface area contributed by atoms with Crippen molar-refractivity contribution in [2.45, 2.75) is 0 Å². The molecule has 1 heteroatoms. The van der Waals surface area contributed by atoms with E-state index in [9.17, 15) is 0 Å². The van der Waals surface area contributed by atoms with E-state index in [1.54, 1.807) is 0 Å². The molecule has 0 bridgehead atoms. The van der Waals surface area contributed by atoms with Crippen molar-refractivity contribution in [1.29, 1.82) is 0 Å². The van der Waals surface area contributed by atoms with Gasteiger partial charge in [-0.3, -0.25) is 0 Å². The van der Waals surface area contributed by atoms with Gasteiger partial charge in [0, 0.05) is 0 Å². The molecule has 0 nitrogen and oxygen atoms in total. The Bertz CT molecular complexity index is 1900. The Morgan fingerprint density at radius 1 is 0.163 bits per heavy atom. The molecule has 49 heavy (non-hydrogen) atoms. The van der Waals surface area contributed by atoms with Crippen molar-refractivity contribution < 1.29 is 0 Å². The number of hydrogen-bond acceptors (Lipinski definition) is 0. The zero-order chi connectivity index (χ0) is 32.9. The van der Waals surface area contributed by atoms with Crippen molar-refractivity contribution in [3.63, 3.8) is 0 Å². The van der Waals surface area contributed by atoms with Crippen LogP contribution < -0.4 is 17.4 Å². The maximum atomic E-state index is 2.41. The standard InChI is InChI=1S/C48H37As/c1-5-13-37(14-6-1)41-21-29-45(30-22-41)49(46-31-23-42(24-32-46)38-15-7-2-8-16-38,47-33-25-43(26-34-47)39-17-9-3-10-18-39)48-35-27-44(28-36-48)40-19-11-4-12-20-40/h1-36,49H. The minimum absolute atomic E-state index is 1.23. The zero-order valence-corrected chi connectivity index (χ0v) is 29.4. The van der Waals surface area contributed by atoms with Crippen LogP contribution in [0.15, 0.2) is 218 Å². The Morgan fingerprint density at radius 3 is 0.510 bits per heavy atom. The SMILES string of the molecule is c1ccc(-c2ccc([AsH](c3ccc(-c4ccccc4)cc3)(c3ccc(-c4ccccc4)cc3)c3ccc(-c4ccccc4)cc3)cc2)cc1. The van der Waals surface area contributed by atoms with Crippen LogP contribution in [0.25, 0.3) is 44.5 Å². The van der Waals surface area contributed by atoms with E-state index in [2.05, 4.69) is 218 Å². The van der Waals surface area contributed by atoms with Crippen molar-refractivity contribution in [2.24, 2.45) is 0 Å². The first kappa shape index (κ1) is 30.6. The Kier molecular flexibility index (Phi) is 8.64. The van der Waals surface area contributed by atoms with E-state index >= 15 is 0 Å². The molecule has 0 spiro atoms. The molecule has 8 aromatic rings. The molecule has 0 N–H and O–H groups in total. The van der Waals surface area contributed by atoms with Crippen LogP contribution in [0.1, 0.15) is 0 Å². The average molecular weight is 689 g/mol. The van der Waals surface area contributed by atoms with Crippen molar-refractivity contribution in [3.05, 3.63) is 218 Å². The fraction of sp³-hybridized carbons (Fsp3) is 0. The second kappa shape index (κ2) is 13.8. The summed E-state index contributed by atoms with van der Waals surface area (Å²) in [4.78, 5) is 0. The molecule has 0 radical (unpaired) electrons. The molecule has 0 saturated carbocycles. The second-order valence-electron chi connectivity index (χ2n) is 12.5. The van der Waals surface area contributed by atoms with Crippen molar-refractivity contribution >= 4 is 31.0 Å². The van der Waals surface area contributed by atoms with Crippen LogP contribution in [0.3, 0.4) is 0 Å². The Labute approximate surface area is 292 Å². The summed E-state index contributed by atoms with van der Waals surface area (Å²) in [6.45, 7) is 0. The van der Waals surface area contributed by atoms with Gasteiger partial charge >= 0.3 is 294 Å². The van der Waals surface area contributed by atoms with Gasteiger partial charge in [0.05, 0.1) is 0 Å². The maximum absolute atomic E-state index is 3.57. The molecule has 0 atom stereocenters. The fourth-order valence-electron chi connectivity index (χ4n) is 7.17. The van der Waals surface area contributed by atoms with Gasteiger partial charge in [-0.2, -0.15) is 0 Å². The monoisotopic (exact) mass is 688 g/mol. The first-order chi connectivity index (χ1) is 24.3. The Morgan fingerprint density at radius 2 is 0.327 bits per heavy atom. The predicted molar refractivity (Wildman–Crippen MR) is 213 cm³/mol. The topological polar surface area (TPSA) is 0 Å². The van der Waals surface area contributed by atoms with E-state index in [4.69, 9.17) is 0 Å². The van der Waals surface area contributed by atoms with Crippen LogP contribution in [0.5, 0.6) is 0 Å². The molecule has 0 amide bonds. The van der Waals surface area contributed by atoms with E-state index in [-0.39, 0.29) is 0 Å². The normalized spacial score (nSPS) is 11.6. The van der Waals surface area contributed by atoms with E-state index in [0.717, 1.165) is 0 Å². The summed E-state index contributed by atoms with van der Waals surface area (Å²) < 4.78 is 5.64. The molecule has 234 valence electrons. The van der Waals surface area contributed by atoms with Gasteiger partial charge in [0.1, 0.15) is 0 Å². The van der Waals surface area contributed by atoms with E-state index in [1.165, 1.54) is 61.9 Å². The second-order valence-corrected chi connectivity index (χ2v) is 20.5. The van der Waals surface area contributed by atoms with E-state index in [0.29, 0.717) is 0 Å². The molecule has 8 aromatic carbocycles. The fourth-order valence-corrected chi connectivity index (χ4v) is 17.0. The van der Waals surface area contributed by atoms with Crippen LogP contribution in [0.4, 0.5) is 0 Å². The van der Waals surface area contributed by atoms with Crippen LogP contribution in [-0.4, -0.2) is 13.6 Å². The van der Waals surface area contributed by atoms with Gasteiger partial charge < -0.3 is 0 Å². The van der Waals surface area contributed by atoms with Crippen LogP contribution in [0, 0.1) is 0 Å². The third-order valence-electron chi connectivity index (χ3n) is 9.70. The van der Waals surface area contributed by atoms with Gasteiger partial charge in [-0.25, -0.2) is 0 Å². The number of benzene rings is 8. The molecule has 0 heterocycles. The Balaban J connectivity index is 1.35. The molecular formula is C48H37As. The van der Waals surface area contributed by atoms with Crippen molar-refractivity contribution in [1.82, 2.24) is 0 Å². The summed E-state index contributed by atoms with van der Waals surface area (Å²) in [5.74, 6) is 0. The molecule has 0 aliphatic heterocycles. The quantitative estimate of drug-likeness (QED) is 0.140. The molecule has 0 aliphatic rings. The molecule has 0 saturated heterocycles. The third kappa shape index (κ3) is 6.09. The third-order valence-corrected chi connectivity index (χ3v) is 19.8. The first-order valence-corrected chi connectivity index (χ1v) is 21.1. The molecule has 0 unspecified atom stereocenters. The van der Waals surface area contributed by atoms with Gasteiger partial charge in [-0.15, -0.1) is 0 Å². The van der Waals surface area contributed by atoms with Crippen molar-refractivity contribution in [3.8, 4) is 44.5 Å². The van der Waals surface area contributed by atoms with Gasteiger partial charge in [0.25, 0.3) is 0 Å². The predicted octanol–water partition coefficient (Wildman–Crippen LogP) is 9.46. The number of hydrogen-bond donors (Lipinski definition) is 0. The Hall–Kier alpha value is -5.68. The molecule has 0 aliphatic carbocycles. The molecular weight excluding hydrogens is 651 g/mol. The summed E-state index contributed by atoms with van der Waals surface area (Å²) in [5.41, 5.74) is 9.88. The zero-order valence-electron chi connectivity index (χ0n) is 27.3. The summed E-state index contributed by atoms with van der Waals surface area (Å²) >= 11 is -3.57. The summed E-state index contributed by atoms with van der Waals surface area (Å²) in [5, 5.41) is 0. The van der Waals surface area contributed by atoms with E-state index < -0.39 is 13.6 Å².